The van der Waals surface area contributed by atoms with Gasteiger partial charge in [-0.05, 0) is 149 Å². The number of aliphatic hydroxyl groups excluding tert-OH is 2. The number of hydrogen-bond donors (Lipinski definition) is 5. The van der Waals surface area contributed by atoms with Gasteiger partial charge in [-0.2, -0.15) is 0 Å². The quantitative estimate of drug-likeness (QED) is 0.0312. The summed E-state index contributed by atoms with van der Waals surface area (Å²) in [7, 11) is 1.39. The van der Waals surface area contributed by atoms with Crippen LogP contribution >= 0.6 is 0 Å². The molecule has 5 heterocycles. The van der Waals surface area contributed by atoms with Crippen molar-refractivity contribution < 1.29 is 53.6 Å². The van der Waals surface area contributed by atoms with Crippen LogP contribution < -0.4 is 10.9 Å². The van der Waals surface area contributed by atoms with Crippen LogP contribution in [0.4, 0.5) is 0 Å². The Bertz CT molecular complexity index is 4320. The number of aromatic hydroxyl groups is 1. The first-order chi connectivity index (χ1) is 44.6. The van der Waals surface area contributed by atoms with Crippen molar-refractivity contribution in [3.8, 4) is 28.0 Å². The minimum atomic E-state index is -1.28. The number of allylic oxidation sites excluding steroid dienone is 1. The number of amides is 3. The summed E-state index contributed by atoms with van der Waals surface area (Å²) in [4.78, 5) is 84.1. The van der Waals surface area contributed by atoms with Gasteiger partial charge in [-0.25, -0.2) is 14.4 Å². The standard InChI is InChI=1S/C29H25N3O4.C18H14O4.C15H17NO2.C14H12O2/c33-21-10-8-19(9-11-21)29(36)32-16-23-20(13-17-5-4-12-30-15-17)14-22-25(28(35)31-27(22)34)24(23)26(32)18-6-2-1-3-7-18;1-10-11(2)16-13(9-15(17(19)20)18(21)22-16)8-14(10)12-6-4-3-5-7-12;17-11-14(13-6-2-1-3-7-13)15(18)9-12-5-4-8-16-10-12;1-16-14(15)13-9-5-8-12(10-13)11-6-3-2-4-7-11/h1-12,15,22,24-26,33H,13-14,16H2,(H,31,34,35);3-9H,1-2H3,(H,19,20);1-8,10,14-15,17-18H,9,11H2;2-10H,1H3. The highest BCUT2D eigenvalue weighted by molar-refractivity contribution is 6.06. The number of aromatic nitrogens is 2. The Morgan fingerprint density at radius 2 is 1.27 bits per heavy atom. The summed E-state index contributed by atoms with van der Waals surface area (Å²) in [6.07, 6.45) is 7.98. The summed E-state index contributed by atoms with van der Waals surface area (Å²) < 4.78 is 9.91. The van der Waals surface area contributed by atoms with Gasteiger partial charge >= 0.3 is 17.6 Å². The van der Waals surface area contributed by atoms with Gasteiger partial charge in [0.2, 0.25) is 11.8 Å². The number of rotatable bonds is 13. The van der Waals surface area contributed by atoms with Crippen LogP contribution in [0.15, 0.2) is 251 Å². The number of esters is 1. The van der Waals surface area contributed by atoms with Gasteiger partial charge in [0.05, 0.1) is 43.3 Å². The zero-order valence-electron chi connectivity index (χ0n) is 50.8. The lowest BCUT2D eigenvalue weighted by Gasteiger charge is -2.35. The van der Waals surface area contributed by atoms with E-state index >= 15 is 0 Å². The molecule has 0 radical (unpaired) electrons. The highest BCUT2D eigenvalue weighted by Crippen LogP contribution is 2.54. The molecule has 16 nitrogen and oxygen atoms in total. The summed E-state index contributed by atoms with van der Waals surface area (Å²) >= 11 is 0. The number of nitrogens with one attached hydrogen (secondary N) is 1. The van der Waals surface area contributed by atoms with Crippen LogP contribution in [0.2, 0.25) is 0 Å². The van der Waals surface area contributed by atoms with Crippen molar-refractivity contribution in [3.05, 3.63) is 303 Å². The third-order valence-electron chi connectivity index (χ3n) is 17.0. The molecule has 6 unspecified atom stereocenters. The average molecular weight is 1230 g/mol. The molecule has 2 fully saturated rings. The van der Waals surface area contributed by atoms with Crippen LogP contribution in [-0.2, 0) is 27.2 Å². The number of carboxylic acids is 1. The van der Waals surface area contributed by atoms with E-state index in [0.717, 1.165) is 66.8 Å². The van der Waals surface area contributed by atoms with Gasteiger partial charge in [-0.1, -0.05) is 151 Å². The first kappa shape index (κ1) is 64.1. The van der Waals surface area contributed by atoms with Gasteiger partial charge in [0.1, 0.15) is 16.9 Å². The fourth-order valence-corrected chi connectivity index (χ4v) is 12.4. The molecule has 6 atom stereocenters. The van der Waals surface area contributed by atoms with Crippen molar-refractivity contribution in [1.29, 1.82) is 0 Å². The van der Waals surface area contributed by atoms with Gasteiger partial charge in [0, 0.05) is 60.5 Å². The number of fused-ring (bicyclic) bond motifs is 4. The zero-order valence-corrected chi connectivity index (χ0v) is 50.8. The summed E-state index contributed by atoms with van der Waals surface area (Å²) in [5.41, 5.74) is 12.3. The molecule has 0 saturated carbocycles. The lowest BCUT2D eigenvalue weighted by Crippen LogP contribution is -2.37. The first-order valence-corrected chi connectivity index (χ1v) is 30.0. The highest BCUT2D eigenvalue weighted by Gasteiger charge is 2.57. The number of carboxylic acid groups (broad SMARTS) is 1. The molecule has 13 rings (SSSR count). The fourth-order valence-electron chi connectivity index (χ4n) is 12.4. The number of carbonyl (C=O) groups excluding carboxylic acids is 4. The number of hydrogen-bond acceptors (Lipinski definition) is 13. The molecule has 7 aromatic carbocycles. The SMILES string of the molecule is COC(=O)c1cccc(-c2ccccc2)c1.Cc1c(-c2ccccc2)cc2cc(C(=O)O)c(=O)oc2c1C.O=C1NC(=O)C2C1CC(Cc1cccnc1)=C1CN(C(=O)c3ccc(O)cc3)C(c3ccccc3)C12.OCC(c1ccccc1)C(O)Cc1cccnc1. The normalized spacial score (nSPS) is 16.8. The Hall–Kier alpha value is -10.9. The lowest BCUT2D eigenvalue weighted by atomic mass is 9.67. The van der Waals surface area contributed by atoms with Crippen LogP contribution in [0.3, 0.4) is 0 Å². The van der Waals surface area contributed by atoms with Gasteiger partial charge in [-0.3, -0.25) is 29.7 Å². The predicted octanol–water partition coefficient (Wildman–Crippen LogP) is 12.1. The summed E-state index contributed by atoms with van der Waals surface area (Å²) in [5, 5.41) is 41.6. The molecule has 3 amide bonds. The van der Waals surface area contributed by atoms with E-state index < -0.39 is 35.6 Å². The Morgan fingerprint density at radius 3 is 1.88 bits per heavy atom. The molecular formula is C76H68N4O12. The van der Waals surface area contributed by atoms with E-state index in [4.69, 9.17) is 9.52 Å². The van der Waals surface area contributed by atoms with E-state index in [1.807, 2.05) is 195 Å². The van der Waals surface area contributed by atoms with Crippen molar-refractivity contribution in [2.24, 2.45) is 17.8 Å². The third kappa shape index (κ3) is 14.7. The molecule has 2 saturated heterocycles. The van der Waals surface area contributed by atoms with Crippen LogP contribution in [-0.4, -0.2) is 91.3 Å². The number of nitrogens with zero attached hydrogens (tertiary/aromatic N) is 3. The molecule has 2 aliphatic heterocycles. The number of methoxy groups -OCH3 is 1. The monoisotopic (exact) mass is 1230 g/mol. The Labute approximate surface area is 531 Å². The summed E-state index contributed by atoms with van der Waals surface area (Å²) in [6, 6.07) is 63.2. The lowest BCUT2D eigenvalue weighted by molar-refractivity contribution is -0.126. The molecule has 92 heavy (non-hydrogen) atoms. The number of ether oxygens (including phenoxy) is 1. The number of phenols is 1. The molecule has 0 bridgehead atoms. The number of aliphatic hydroxyl groups is 2. The number of carbonyl (C=O) groups is 5. The molecule has 16 heteroatoms. The van der Waals surface area contributed by atoms with Crippen LogP contribution in [0.25, 0.3) is 33.2 Å². The molecule has 0 spiro atoms. The van der Waals surface area contributed by atoms with Crippen molar-refractivity contribution >= 4 is 40.6 Å². The maximum atomic E-state index is 13.8. The molecular weight excluding hydrogens is 1160 g/mol. The Balaban J connectivity index is 0.000000143. The second-order valence-electron chi connectivity index (χ2n) is 22.7. The minimum Gasteiger partial charge on any atom is -0.508 e. The van der Waals surface area contributed by atoms with Crippen LogP contribution in [0.1, 0.15) is 82.8 Å². The van der Waals surface area contributed by atoms with E-state index in [0.29, 0.717) is 47.9 Å². The molecule has 1 aliphatic carbocycles. The number of likely N-dealkylation sites (tertiary alicyclic amines) is 1. The number of phenolic OH excluding ortho intramolecular Hbond substituents is 1. The van der Waals surface area contributed by atoms with Crippen molar-refractivity contribution in [1.82, 2.24) is 20.2 Å². The maximum absolute atomic E-state index is 13.8. The van der Waals surface area contributed by atoms with Gasteiger partial charge in [0.15, 0.2) is 0 Å². The predicted molar refractivity (Wildman–Crippen MR) is 349 cm³/mol. The van der Waals surface area contributed by atoms with Crippen molar-refractivity contribution in [3.63, 3.8) is 0 Å². The molecule has 3 aromatic heterocycles. The van der Waals surface area contributed by atoms with Gasteiger partial charge < -0.3 is 34.5 Å². The second-order valence-corrected chi connectivity index (χ2v) is 22.7. The largest absolute Gasteiger partial charge is 0.508 e. The first-order valence-electron chi connectivity index (χ1n) is 30.0. The number of aromatic carboxylic acids is 1. The van der Waals surface area contributed by atoms with E-state index in [9.17, 15) is 44.1 Å². The van der Waals surface area contributed by atoms with Crippen molar-refractivity contribution in [2.75, 3.05) is 20.3 Å². The minimum absolute atomic E-state index is 0.0640. The molecule has 464 valence electrons. The maximum Gasteiger partial charge on any atom is 0.351 e. The zero-order chi connectivity index (χ0) is 64.8. The smallest absolute Gasteiger partial charge is 0.351 e. The molecule has 10 aromatic rings. The summed E-state index contributed by atoms with van der Waals surface area (Å²) in [6.45, 7) is 4.14. The highest BCUT2D eigenvalue weighted by atomic mass is 16.5. The van der Waals surface area contributed by atoms with Gasteiger partial charge in [-0.15, -0.1) is 0 Å². The third-order valence-corrected chi connectivity index (χ3v) is 17.0. The van der Waals surface area contributed by atoms with Crippen LogP contribution in [0, 0.1) is 31.6 Å². The van der Waals surface area contributed by atoms with E-state index in [2.05, 4.69) is 20.0 Å². The van der Waals surface area contributed by atoms with Crippen molar-refractivity contribution in [2.45, 2.75) is 51.2 Å². The summed E-state index contributed by atoms with van der Waals surface area (Å²) in [5.74, 6) is -3.69. The number of benzene rings is 7. The number of imide groups is 1. The second kappa shape index (κ2) is 29.6. The topological polar surface area (TPSA) is 247 Å². The van der Waals surface area contributed by atoms with Crippen LogP contribution in [0.5, 0.6) is 5.75 Å². The fraction of sp³-hybridized carbons (Fsp3) is 0.184. The number of aryl methyl sites for hydroxylation is 1. The number of pyridine rings is 2. The van der Waals surface area contributed by atoms with Gasteiger partial charge in [0.25, 0.3) is 5.91 Å². The Kier molecular flexibility index (Phi) is 20.6. The van der Waals surface area contributed by atoms with E-state index in [-0.39, 0.29) is 53.4 Å². The van der Waals surface area contributed by atoms with E-state index in [1.165, 1.54) is 25.3 Å². The Morgan fingerprint density at radius 1 is 0.663 bits per heavy atom. The van der Waals surface area contributed by atoms with E-state index in [1.54, 1.807) is 36.8 Å². The molecule has 5 N–H and O–H groups in total. The molecule has 3 aliphatic rings. The average Bonchev–Trinajstić information content (AvgIpc) is 1.56.